The van der Waals surface area contributed by atoms with Crippen molar-refractivity contribution in [1.29, 1.82) is 0 Å². The van der Waals surface area contributed by atoms with E-state index >= 15 is 0 Å². The third kappa shape index (κ3) is 2.13. The van der Waals surface area contributed by atoms with Gasteiger partial charge in [-0.25, -0.2) is 0 Å². The number of cyclic esters (lactones) is 2. The molecule has 0 bridgehead atoms. The molecule has 0 unspecified atom stereocenters. The number of hydrogen-bond donors (Lipinski definition) is 0. The van der Waals surface area contributed by atoms with Crippen LogP contribution >= 0.6 is 0 Å². The van der Waals surface area contributed by atoms with Crippen LogP contribution in [0.3, 0.4) is 0 Å². The van der Waals surface area contributed by atoms with Gasteiger partial charge >= 0.3 is 11.9 Å². The molecule has 1 aromatic carbocycles. The molecule has 84 valence electrons. The van der Waals surface area contributed by atoms with E-state index in [1.807, 2.05) is 0 Å². The van der Waals surface area contributed by atoms with Crippen molar-refractivity contribution in [2.24, 2.45) is 0 Å². The van der Waals surface area contributed by atoms with Gasteiger partial charge in [-0.2, -0.15) is 0 Å². The number of hydrogen-bond acceptors (Lipinski definition) is 5. The van der Waals surface area contributed by atoms with E-state index in [9.17, 15) is 9.59 Å². The predicted molar refractivity (Wildman–Crippen MR) is 52.5 cm³/mol. The summed E-state index contributed by atoms with van der Waals surface area (Å²) < 4.78 is 14.8. The monoisotopic (exact) mass is 222 g/mol. The Hall–Kier alpha value is -2.04. The van der Waals surface area contributed by atoms with Gasteiger partial charge in [-0.1, -0.05) is 0 Å². The molecule has 1 aliphatic heterocycles. The third-order valence-corrected chi connectivity index (χ3v) is 2.15. The van der Waals surface area contributed by atoms with Crippen molar-refractivity contribution in [1.82, 2.24) is 0 Å². The Balaban J connectivity index is 2.16. The quantitative estimate of drug-likeness (QED) is 0.555. The van der Waals surface area contributed by atoms with E-state index in [4.69, 9.17) is 14.2 Å². The molecule has 0 aliphatic carbocycles. The van der Waals surface area contributed by atoms with Crippen molar-refractivity contribution in [3.63, 3.8) is 0 Å². The van der Waals surface area contributed by atoms with Crippen molar-refractivity contribution in [3.8, 4) is 5.75 Å². The lowest BCUT2D eigenvalue weighted by molar-refractivity contribution is -0.204. The van der Waals surface area contributed by atoms with E-state index < -0.39 is 18.2 Å². The summed E-state index contributed by atoms with van der Waals surface area (Å²) in [5.41, 5.74) is 0.599. The number of carbonyl (C=O) groups is 2. The highest BCUT2D eigenvalue weighted by Crippen LogP contribution is 2.25. The molecule has 0 aromatic heterocycles. The maximum Gasteiger partial charge on any atom is 0.320 e. The first kappa shape index (κ1) is 10.5. The Labute approximate surface area is 91.9 Å². The van der Waals surface area contributed by atoms with E-state index in [1.165, 1.54) is 0 Å². The van der Waals surface area contributed by atoms with Crippen molar-refractivity contribution in [2.75, 3.05) is 7.11 Å². The first-order valence-electron chi connectivity index (χ1n) is 4.72. The van der Waals surface area contributed by atoms with Gasteiger partial charge in [0.05, 0.1) is 7.11 Å². The third-order valence-electron chi connectivity index (χ3n) is 2.15. The second-order valence-electron chi connectivity index (χ2n) is 3.26. The van der Waals surface area contributed by atoms with Gasteiger partial charge in [0.25, 0.3) is 6.29 Å². The van der Waals surface area contributed by atoms with Crippen molar-refractivity contribution in [3.05, 3.63) is 29.8 Å². The zero-order valence-corrected chi connectivity index (χ0v) is 8.64. The number of esters is 2. The first-order valence-corrected chi connectivity index (χ1v) is 4.72. The normalized spacial score (nSPS) is 16.6. The van der Waals surface area contributed by atoms with Crippen LogP contribution in [0.2, 0.25) is 0 Å². The summed E-state index contributed by atoms with van der Waals surface area (Å²) in [6, 6.07) is 6.75. The summed E-state index contributed by atoms with van der Waals surface area (Å²) in [6.07, 6.45) is -1.27. The molecule has 2 rings (SSSR count). The fourth-order valence-corrected chi connectivity index (χ4v) is 1.36. The van der Waals surface area contributed by atoms with Gasteiger partial charge in [0.1, 0.15) is 12.2 Å². The second kappa shape index (κ2) is 4.22. The lowest BCUT2D eigenvalue weighted by Crippen LogP contribution is -2.26. The summed E-state index contributed by atoms with van der Waals surface area (Å²) in [5.74, 6) is -0.466. The van der Waals surface area contributed by atoms with Crippen LogP contribution in [-0.2, 0) is 19.1 Å². The molecule has 0 atom stereocenters. The van der Waals surface area contributed by atoms with Crippen LogP contribution in [0.1, 0.15) is 18.3 Å². The lowest BCUT2D eigenvalue weighted by atomic mass is 10.2. The van der Waals surface area contributed by atoms with Crippen LogP contribution in [0.4, 0.5) is 0 Å². The fraction of sp³-hybridized carbons (Fsp3) is 0.273. The van der Waals surface area contributed by atoms with Crippen molar-refractivity contribution >= 4 is 11.9 Å². The SMILES string of the molecule is COc1ccc(C2OC(=O)CC(=O)O2)cc1. The highest BCUT2D eigenvalue weighted by Gasteiger charge is 2.28. The average molecular weight is 222 g/mol. The molecule has 1 fully saturated rings. The van der Waals surface area contributed by atoms with Gasteiger partial charge in [-0.15, -0.1) is 0 Å². The number of benzene rings is 1. The number of methoxy groups -OCH3 is 1. The highest BCUT2D eigenvalue weighted by atomic mass is 16.7. The lowest BCUT2D eigenvalue weighted by Gasteiger charge is -2.22. The largest absolute Gasteiger partial charge is 0.497 e. The molecule has 0 saturated carbocycles. The van der Waals surface area contributed by atoms with Crippen molar-refractivity contribution in [2.45, 2.75) is 12.7 Å². The Kier molecular flexibility index (Phi) is 2.76. The van der Waals surface area contributed by atoms with Gasteiger partial charge in [0, 0.05) is 5.56 Å². The van der Waals surface area contributed by atoms with E-state index in [-0.39, 0.29) is 6.42 Å². The number of carbonyl (C=O) groups excluding carboxylic acids is 2. The minimum atomic E-state index is -0.945. The molecule has 1 aliphatic rings. The standard InChI is InChI=1S/C11H10O5/c1-14-8-4-2-7(3-5-8)11-15-9(12)6-10(13)16-11/h2-5,11H,6H2,1H3. The summed E-state index contributed by atoms with van der Waals surface area (Å²) in [4.78, 5) is 22.1. The number of rotatable bonds is 2. The minimum Gasteiger partial charge on any atom is -0.497 e. The van der Waals surface area contributed by atoms with Gasteiger partial charge in [-0.05, 0) is 24.3 Å². The fourth-order valence-electron chi connectivity index (χ4n) is 1.36. The van der Waals surface area contributed by atoms with Gasteiger partial charge in [-0.3, -0.25) is 9.59 Å². The molecule has 0 spiro atoms. The van der Waals surface area contributed by atoms with Crippen LogP contribution in [0, 0.1) is 0 Å². The molecule has 1 aromatic rings. The minimum absolute atomic E-state index is 0.327. The summed E-state index contributed by atoms with van der Waals surface area (Å²) >= 11 is 0. The Morgan fingerprint density at radius 1 is 1.12 bits per heavy atom. The van der Waals surface area contributed by atoms with Crippen molar-refractivity contribution < 1.29 is 23.8 Å². The molecule has 1 saturated heterocycles. The average Bonchev–Trinajstić information content (AvgIpc) is 2.28. The van der Waals surface area contributed by atoms with E-state index in [1.54, 1.807) is 31.4 Å². The van der Waals surface area contributed by atoms with Crippen LogP contribution in [0.15, 0.2) is 24.3 Å². The highest BCUT2D eigenvalue weighted by molar-refractivity contribution is 5.92. The van der Waals surface area contributed by atoms with Gasteiger partial charge in [0.2, 0.25) is 0 Å². The second-order valence-corrected chi connectivity index (χ2v) is 3.26. The van der Waals surface area contributed by atoms with Gasteiger partial charge in [0.15, 0.2) is 0 Å². The molecule has 1 heterocycles. The molecular formula is C11H10O5. The van der Waals surface area contributed by atoms with Crippen LogP contribution < -0.4 is 4.74 Å². The first-order chi connectivity index (χ1) is 7.69. The van der Waals surface area contributed by atoms with E-state index in [0.717, 1.165) is 0 Å². The maximum atomic E-state index is 11.0. The zero-order valence-electron chi connectivity index (χ0n) is 8.64. The van der Waals surface area contributed by atoms with Crippen LogP contribution in [-0.4, -0.2) is 19.0 Å². The predicted octanol–water partition coefficient (Wildman–Crippen LogP) is 1.18. The maximum absolute atomic E-state index is 11.0. The van der Waals surface area contributed by atoms with Crippen LogP contribution in [0.5, 0.6) is 5.75 Å². The molecule has 0 radical (unpaired) electrons. The summed E-state index contributed by atoms with van der Waals surface area (Å²) in [5, 5.41) is 0. The van der Waals surface area contributed by atoms with E-state index in [0.29, 0.717) is 11.3 Å². The topological polar surface area (TPSA) is 61.8 Å². The summed E-state index contributed by atoms with van der Waals surface area (Å²) in [6.45, 7) is 0. The summed E-state index contributed by atoms with van der Waals surface area (Å²) in [7, 11) is 1.55. The molecule has 5 nitrogen and oxygen atoms in total. The Morgan fingerprint density at radius 2 is 1.69 bits per heavy atom. The molecule has 16 heavy (non-hydrogen) atoms. The molecule has 5 heteroatoms. The van der Waals surface area contributed by atoms with E-state index in [2.05, 4.69) is 0 Å². The molecule has 0 amide bonds. The molecule has 0 N–H and O–H groups in total. The number of ether oxygens (including phenoxy) is 3. The Morgan fingerprint density at radius 3 is 2.19 bits per heavy atom. The Bertz CT molecular complexity index is 393. The zero-order chi connectivity index (χ0) is 11.5. The molecular weight excluding hydrogens is 212 g/mol. The smallest absolute Gasteiger partial charge is 0.320 e. The van der Waals surface area contributed by atoms with Gasteiger partial charge < -0.3 is 14.2 Å². The van der Waals surface area contributed by atoms with Crippen LogP contribution in [0.25, 0.3) is 0 Å².